The number of aryl methyl sites for hydroxylation is 1. The number of nitrogens with zero attached hydrogens (tertiary/aromatic N) is 2. The van der Waals surface area contributed by atoms with Crippen molar-refractivity contribution in [2.45, 2.75) is 32.7 Å². The van der Waals surface area contributed by atoms with Gasteiger partial charge in [0.25, 0.3) is 0 Å². The molecule has 17 heavy (non-hydrogen) atoms. The van der Waals surface area contributed by atoms with Crippen LogP contribution in [0.15, 0.2) is 11.4 Å². The molecule has 0 bridgehead atoms. The molecule has 2 heterocycles. The van der Waals surface area contributed by atoms with Crippen molar-refractivity contribution in [2.75, 3.05) is 11.9 Å². The van der Waals surface area contributed by atoms with Crippen molar-refractivity contribution in [1.82, 2.24) is 9.97 Å². The number of hydrogen-bond acceptors (Lipinski definition) is 5. The van der Waals surface area contributed by atoms with E-state index in [2.05, 4.69) is 22.2 Å². The van der Waals surface area contributed by atoms with Gasteiger partial charge in [0.05, 0.1) is 5.39 Å². The van der Waals surface area contributed by atoms with Gasteiger partial charge in [0.1, 0.15) is 16.5 Å². The van der Waals surface area contributed by atoms with Crippen LogP contribution < -0.4 is 11.1 Å². The topological polar surface area (TPSA) is 63.8 Å². The molecule has 0 unspecified atom stereocenters. The normalized spacial score (nSPS) is 12.0. The summed E-state index contributed by atoms with van der Waals surface area (Å²) < 4.78 is 0. The summed E-state index contributed by atoms with van der Waals surface area (Å²) in [5, 5.41) is 6.44. The van der Waals surface area contributed by atoms with Gasteiger partial charge >= 0.3 is 0 Å². The second kappa shape index (κ2) is 4.58. The third kappa shape index (κ3) is 2.92. The summed E-state index contributed by atoms with van der Waals surface area (Å²) in [6.07, 6.45) is 0.842. The van der Waals surface area contributed by atoms with Gasteiger partial charge in [-0.1, -0.05) is 6.92 Å². The molecule has 0 aliphatic heterocycles. The van der Waals surface area contributed by atoms with Crippen LogP contribution in [0.4, 0.5) is 5.82 Å². The first-order chi connectivity index (χ1) is 7.99. The van der Waals surface area contributed by atoms with Crippen LogP contribution in [0.2, 0.25) is 0 Å². The first-order valence-electron chi connectivity index (χ1n) is 5.76. The van der Waals surface area contributed by atoms with Crippen LogP contribution in [-0.4, -0.2) is 22.1 Å². The molecule has 2 rings (SSSR count). The highest BCUT2D eigenvalue weighted by atomic mass is 32.1. The quantitative estimate of drug-likeness (QED) is 0.874. The number of rotatable bonds is 4. The predicted molar refractivity (Wildman–Crippen MR) is 73.5 cm³/mol. The number of hydrogen-bond donors (Lipinski definition) is 2. The van der Waals surface area contributed by atoms with Gasteiger partial charge in [0.15, 0.2) is 0 Å². The largest absolute Gasteiger partial charge is 0.368 e. The van der Waals surface area contributed by atoms with Crippen molar-refractivity contribution in [1.29, 1.82) is 0 Å². The molecule has 2 aromatic rings. The van der Waals surface area contributed by atoms with Crippen molar-refractivity contribution in [3.8, 4) is 0 Å². The lowest BCUT2D eigenvalue weighted by Gasteiger charge is -2.19. The van der Waals surface area contributed by atoms with Gasteiger partial charge in [0, 0.05) is 18.5 Å². The van der Waals surface area contributed by atoms with E-state index in [1.54, 1.807) is 11.3 Å². The summed E-state index contributed by atoms with van der Waals surface area (Å²) >= 11 is 1.64. The van der Waals surface area contributed by atoms with Crippen molar-refractivity contribution in [2.24, 2.45) is 5.73 Å². The van der Waals surface area contributed by atoms with E-state index in [4.69, 9.17) is 5.73 Å². The monoisotopic (exact) mass is 250 g/mol. The second-order valence-corrected chi connectivity index (χ2v) is 5.72. The Balaban J connectivity index is 2.34. The van der Waals surface area contributed by atoms with Crippen LogP contribution in [-0.2, 0) is 6.42 Å². The maximum absolute atomic E-state index is 5.97. The van der Waals surface area contributed by atoms with Crippen LogP contribution in [0.3, 0.4) is 0 Å². The van der Waals surface area contributed by atoms with Crippen LogP contribution >= 0.6 is 11.3 Å². The van der Waals surface area contributed by atoms with E-state index in [9.17, 15) is 0 Å². The fourth-order valence-electron chi connectivity index (χ4n) is 1.50. The first-order valence-corrected chi connectivity index (χ1v) is 6.64. The third-order valence-corrected chi connectivity index (χ3v) is 3.21. The van der Waals surface area contributed by atoms with Crippen molar-refractivity contribution in [3.05, 3.63) is 17.3 Å². The lowest BCUT2D eigenvalue weighted by Crippen LogP contribution is -2.39. The molecule has 0 aromatic carbocycles. The SMILES string of the molecule is CCc1nc(NCC(C)(C)N)c2ccsc2n1. The molecule has 0 fully saturated rings. The molecule has 0 saturated carbocycles. The predicted octanol–water partition coefficient (Wildman–Crippen LogP) is 2.40. The molecule has 3 N–H and O–H groups in total. The Morgan fingerprint density at radius 2 is 2.18 bits per heavy atom. The van der Waals surface area contributed by atoms with Gasteiger partial charge in [-0.05, 0) is 25.3 Å². The maximum Gasteiger partial charge on any atom is 0.138 e. The summed E-state index contributed by atoms with van der Waals surface area (Å²) in [5.41, 5.74) is 5.72. The Kier molecular flexibility index (Phi) is 3.31. The molecule has 0 saturated heterocycles. The van der Waals surface area contributed by atoms with Crippen molar-refractivity contribution in [3.63, 3.8) is 0 Å². The van der Waals surface area contributed by atoms with E-state index < -0.39 is 0 Å². The Labute approximate surface area is 105 Å². The zero-order valence-corrected chi connectivity index (χ0v) is 11.3. The van der Waals surface area contributed by atoms with Crippen molar-refractivity contribution < 1.29 is 0 Å². The average Bonchev–Trinajstić information content (AvgIpc) is 2.72. The summed E-state index contributed by atoms with van der Waals surface area (Å²) in [7, 11) is 0. The van der Waals surface area contributed by atoms with Crippen LogP contribution in [0.25, 0.3) is 10.2 Å². The molecule has 92 valence electrons. The minimum Gasteiger partial charge on any atom is -0.368 e. The van der Waals surface area contributed by atoms with Crippen LogP contribution in [0.5, 0.6) is 0 Å². The zero-order chi connectivity index (χ0) is 12.5. The average molecular weight is 250 g/mol. The molecular weight excluding hydrogens is 232 g/mol. The van der Waals surface area contributed by atoms with E-state index in [1.165, 1.54) is 0 Å². The zero-order valence-electron chi connectivity index (χ0n) is 10.4. The smallest absolute Gasteiger partial charge is 0.138 e. The number of aromatic nitrogens is 2. The lowest BCUT2D eigenvalue weighted by molar-refractivity contribution is 0.548. The van der Waals surface area contributed by atoms with Gasteiger partial charge in [0.2, 0.25) is 0 Å². The van der Waals surface area contributed by atoms with E-state index in [1.807, 2.05) is 25.3 Å². The van der Waals surface area contributed by atoms with Crippen LogP contribution in [0.1, 0.15) is 26.6 Å². The molecule has 0 radical (unpaired) electrons. The summed E-state index contributed by atoms with van der Waals surface area (Å²) in [4.78, 5) is 10.1. The fraction of sp³-hybridized carbons (Fsp3) is 0.500. The Bertz CT molecular complexity index is 513. The molecule has 4 nitrogen and oxygen atoms in total. The van der Waals surface area contributed by atoms with Crippen LogP contribution in [0, 0.1) is 0 Å². The van der Waals surface area contributed by atoms with E-state index in [0.29, 0.717) is 6.54 Å². The summed E-state index contributed by atoms with van der Waals surface area (Å²) in [6.45, 7) is 6.74. The number of thiophene rings is 1. The minimum atomic E-state index is -0.250. The van der Waals surface area contributed by atoms with Crippen molar-refractivity contribution >= 4 is 27.4 Å². The molecule has 0 spiro atoms. The Morgan fingerprint density at radius 1 is 1.41 bits per heavy atom. The molecule has 5 heteroatoms. The highest BCUT2D eigenvalue weighted by Crippen LogP contribution is 2.25. The van der Waals surface area contributed by atoms with Gasteiger partial charge in [-0.3, -0.25) is 0 Å². The molecule has 2 aromatic heterocycles. The van der Waals surface area contributed by atoms with E-state index in [0.717, 1.165) is 28.3 Å². The lowest BCUT2D eigenvalue weighted by atomic mass is 10.1. The molecule has 0 atom stereocenters. The highest BCUT2D eigenvalue weighted by molar-refractivity contribution is 7.16. The standard InChI is InChI=1S/C12H18N4S/c1-4-9-15-10(14-7-12(2,3)13)8-5-6-17-11(8)16-9/h5-6H,4,7,13H2,1-3H3,(H,14,15,16). The third-order valence-electron chi connectivity index (χ3n) is 2.40. The first kappa shape index (κ1) is 12.3. The minimum absolute atomic E-state index is 0.250. The molecule has 0 aliphatic carbocycles. The fourth-order valence-corrected chi connectivity index (χ4v) is 2.29. The molecule has 0 aliphatic rings. The number of anilines is 1. The van der Waals surface area contributed by atoms with Gasteiger partial charge < -0.3 is 11.1 Å². The molecular formula is C12H18N4S. The number of nitrogens with two attached hydrogens (primary N) is 1. The Hall–Kier alpha value is -1.20. The van der Waals surface area contributed by atoms with E-state index in [-0.39, 0.29) is 5.54 Å². The maximum atomic E-state index is 5.97. The van der Waals surface area contributed by atoms with Gasteiger partial charge in [-0.25, -0.2) is 9.97 Å². The number of fused-ring (bicyclic) bond motifs is 1. The highest BCUT2D eigenvalue weighted by Gasteiger charge is 2.13. The molecule has 0 amide bonds. The Morgan fingerprint density at radius 3 is 2.82 bits per heavy atom. The number of nitrogens with one attached hydrogen (secondary N) is 1. The van der Waals surface area contributed by atoms with Gasteiger partial charge in [-0.2, -0.15) is 0 Å². The summed E-state index contributed by atoms with van der Waals surface area (Å²) in [5.74, 6) is 1.77. The second-order valence-electron chi connectivity index (χ2n) is 4.82. The van der Waals surface area contributed by atoms with E-state index >= 15 is 0 Å². The summed E-state index contributed by atoms with van der Waals surface area (Å²) in [6, 6.07) is 2.05. The van der Waals surface area contributed by atoms with Gasteiger partial charge in [-0.15, -0.1) is 11.3 Å².